The van der Waals surface area contributed by atoms with Gasteiger partial charge in [-0.05, 0) is 84.9 Å². The molecule has 1 aliphatic rings. The fourth-order valence-electron chi connectivity index (χ4n) is 8.17. The molecular formula is C51H40OSi. The van der Waals surface area contributed by atoms with Crippen LogP contribution in [0, 0.1) is 0 Å². The quantitative estimate of drug-likeness (QED) is 0.157. The van der Waals surface area contributed by atoms with Crippen molar-refractivity contribution >= 4 is 18.7 Å². The topological polar surface area (TPSA) is 9.23 Å². The first-order chi connectivity index (χ1) is 26.2. The summed E-state index contributed by atoms with van der Waals surface area (Å²) in [7, 11) is -3.11. The zero-order chi connectivity index (χ0) is 35.5. The Balaban J connectivity index is 1.32. The monoisotopic (exact) mass is 696 g/mol. The maximum atomic E-state index is 7.92. The Morgan fingerprint density at radius 1 is 0.377 bits per heavy atom. The predicted octanol–water partition coefficient (Wildman–Crippen LogP) is 11.8. The molecular weight excluding hydrogens is 657 g/mol. The highest BCUT2D eigenvalue weighted by atomic mass is 28.4. The molecule has 1 heterocycles. The number of benzene rings is 8. The number of rotatable bonds is 6. The van der Waals surface area contributed by atoms with Crippen LogP contribution in [0.1, 0.15) is 17.0 Å². The van der Waals surface area contributed by atoms with Gasteiger partial charge in [0, 0.05) is 5.56 Å². The van der Waals surface area contributed by atoms with Crippen molar-refractivity contribution in [3.63, 3.8) is 0 Å². The van der Waals surface area contributed by atoms with Crippen LogP contribution in [0.2, 0.25) is 6.04 Å². The average molecular weight is 697 g/mol. The van der Waals surface area contributed by atoms with Gasteiger partial charge in [-0.15, -0.1) is 0 Å². The molecule has 0 aliphatic carbocycles. The Morgan fingerprint density at radius 2 is 0.830 bits per heavy atom. The van der Waals surface area contributed by atoms with E-state index in [-0.39, 0.29) is 5.92 Å². The van der Waals surface area contributed by atoms with Crippen molar-refractivity contribution in [1.29, 1.82) is 0 Å². The third-order valence-corrected chi connectivity index (χ3v) is 14.9. The minimum atomic E-state index is -3.11. The fraction of sp³-hybridized carbons (Fsp3) is 0.0588. The largest absolute Gasteiger partial charge is 0.534 e. The molecule has 254 valence electrons. The van der Waals surface area contributed by atoms with Gasteiger partial charge in [0.25, 0.3) is 0 Å². The van der Waals surface area contributed by atoms with Crippen LogP contribution in [0.3, 0.4) is 0 Å². The van der Waals surface area contributed by atoms with E-state index in [2.05, 4.69) is 212 Å². The highest BCUT2D eigenvalue weighted by molar-refractivity contribution is 6.98. The molecule has 0 radical (unpaired) electrons. The average Bonchev–Trinajstić information content (AvgIpc) is 3.31. The molecule has 0 aromatic heterocycles. The lowest BCUT2D eigenvalue weighted by molar-refractivity contribution is 0.552. The SMILES string of the molecule is c1ccc(-c2cccc(C3Cc4ccccc4-c4ccccc4O[Si](c4cccc(-c5ccccc5)c4)(c4cccc(-c5ccccc5)c4)C3)c2)cc1. The van der Waals surface area contributed by atoms with Crippen LogP contribution in [0.5, 0.6) is 5.75 Å². The van der Waals surface area contributed by atoms with Crippen LogP contribution in [-0.2, 0) is 6.42 Å². The summed E-state index contributed by atoms with van der Waals surface area (Å²) in [5, 5.41) is 2.54. The summed E-state index contributed by atoms with van der Waals surface area (Å²) in [6, 6.07) is 78.4. The highest BCUT2D eigenvalue weighted by Gasteiger charge is 2.46. The highest BCUT2D eigenvalue weighted by Crippen LogP contribution is 2.42. The van der Waals surface area contributed by atoms with Gasteiger partial charge in [-0.2, -0.15) is 0 Å². The van der Waals surface area contributed by atoms with Gasteiger partial charge in [0.2, 0.25) is 0 Å². The maximum Gasteiger partial charge on any atom is 0.315 e. The summed E-state index contributed by atoms with van der Waals surface area (Å²) >= 11 is 0. The molecule has 1 unspecified atom stereocenters. The number of para-hydroxylation sites is 1. The van der Waals surface area contributed by atoms with E-state index >= 15 is 0 Å². The van der Waals surface area contributed by atoms with Gasteiger partial charge in [0.1, 0.15) is 5.75 Å². The second-order valence-corrected chi connectivity index (χ2v) is 17.5. The third-order valence-electron chi connectivity index (χ3n) is 10.8. The van der Waals surface area contributed by atoms with Crippen LogP contribution in [0.25, 0.3) is 44.5 Å². The summed E-state index contributed by atoms with van der Waals surface area (Å²) in [4.78, 5) is 0. The maximum absolute atomic E-state index is 7.92. The Bertz CT molecular complexity index is 2410. The van der Waals surface area contributed by atoms with Gasteiger partial charge in [-0.1, -0.05) is 206 Å². The van der Waals surface area contributed by atoms with Crippen molar-refractivity contribution in [2.45, 2.75) is 18.4 Å². The molecule has 0 amide bonds. The van der Waals surface area contributed by atoms with Gasteiger partial charge >= 0.3 is 8.32 Å². The molecule has 8 aromatic carbocycles. The van der Waals surface area contributed by atoms with Crippen molar-refractivity contribution in [2.24, 2.45) is 0 Å². The van der Waals surface area contributed by atoms with Crippen molar-refractivity contribution < 1.29 is 4.43 Å². The number of hydrogen-bond donors (Lipinski definition) is 0. The molecule has 0 saturated heterocycles. The standard InChI is InChI=1S/C51H40OSi/c1-4-17-38(18-5-1)41-24-14-25-42(33-41)46-34-45-23-10-11-30-49(45)50-31-12-13-32-51(50)52-53(37-46,47-28-15-26-43(35-47)39-19-6-2-7-20-39)48-29-16-27-44(36-48)40-21-8-3-9-22-40/h1-33,35-36,46H,34,37H2. The molecule has 1 nitrogen and oxygen atoms in total. The second-order valence-electron chi connectivity index (χ2n) is 14.1. The molecule has 0 bridgehead atoms. The van der Waals surface area contributed by atoms with Gasteiger partial charge in [-0.3, -0.25) is 0 Å². The first kappa shape index (κ1) is 32.7. The lowest BCUT2D eigenvalue weighted by atomic mass is 9.88. The molecule has 0 N–H and O–H groups in total. The van der Waals surface area contributed by atoms with E-state index in [1.807, 2.05) is 0 Å². The second kappa shape index (κ2) is 14.4. The zero-order valence-electron chi connectivity index (χ0n) is 29.6. The van der Waals surface area contributed by atoms with E-state index in [1.165, 1.54) is 60.4 Å². The van der Waals surface area contributed by atoms with Gasteiger partial charge < -0.3 is 4.43 Å². The van der Waals surface area contributed by atoms with E-state index in [1.54, 1.807) is 0 Å². The molecule has 0 saturated carbocycles. The summed E-state index contributed by atoms with van der Waals surface area (Å²) in [5.41, 5.74) is 12.4. The zero-order valence-corrected chi connectivity index (χ0v) is 30.6. The van der Waals surface area contributed by atoms with E-state index in [4.69, 9.17) is 4.43 Å². The van der Waals surface area contributed by atoms with Gasteiger partial charge in [0.05, 0.1) is 0 Å². The van der Waals surface area contributed by atoms with Crippen LogP contribution >= 0.6 is 0 Å². The van der Waals surface area contributed by atoms with Crippen LogP contribution < -0.4 is 14.8 Å². The molecule has 1 aliphatic heterocycles. The molecule has 1 atom stereocenters. The van der Waals surface area contributed by atoms with Crippen LogP contribution in [-0.4, -0.2) is 8.32 Å². The Kier molecular flexibility index (Phi) is 8.89. The minimum Gasteiger partial charge on any atom is -0.534 e. The molecule has 8 aromatic rings. The van der Waals surface area contributed by atoms with Crippen molar-refractivity contribution in [3.8, 4) is 50.3 Å². The lowest BCUT2D eigenvalue weighted by Crippen LogP contribution is -2.64. The number of hydrogen-bond acceptors (Lipinski definition) is 1. The first-order valence-electron chi connectivity index (χ1n) is 18.6. The van der Waals surface area contributed by atoms with E-state index in [0.29, 0.717) is 0 Å². The Morgan fingerprint density at radius 3 is 1.42 bits per heavy atom. The lowest BCUT2D eigenvalue weighted by Gasteiger charge is -2.36. The van der Waals surface area contributed by atoms with E-state index in [0.717, 1.165) is 23.8 Å². The predicted molar refractivity (Wildman–Crippen MR) is 224 cm³/mol. The molecule has 0 spiro atoms. The summed E-state index contributed by atoms with van der Waals surface area (Å²) < 4.78 is 7.92. The van der Waals surface area contributed by atoms with Crippen molar-refractivity contribution in [3.05, 3.63) is 223 Å². The Labute approximate surface area is 314 Å². The van der Waals surface area contributed by atoms with E-state index in [9.17, 15) is 0 Å². The molecule has 0 fully saturated rings. The van der Waals surface area contributed by atoms with Crippen LogP contribution in [0.15, 0.2) is 212 Å². The van der Waals surface area contributed by atoms with Crippen molar-refractivity contribution in [1.82, 2.24) is 0 Å². The minimum absolute atomic E-state index is 0.182. The van der Waals surface area contributed by atoms with Gasteiger partial charge in [-0.25, -0.2) is 0 Å². The summed E-state index contributed by atoms with van der Waals surface area (Å²) in [6.07, 6.45) is 0.900. The third kappa shape index (κ3) is 6.54. The summed E-state index contributed by atoms with van der Waals surface area (Å²) in [6.45, 7) is 0. The molecule has 9 rings (SSSR count). The first-order valence-corrected chi connectivity index (χ1v) is 20.7. The summed E-state index contributed by atoms with van der Waals surface area (Å²) in [5.74, 6) is 1.13. The van der Waals surface area contributed by atoms with Crippen LogP contribution in [0.4, 0.5) is 0 Å². The normalized spacial score (nSPS) is 14.8. The fourth-order valence-corrected chi connectivity index (χ4v) is 12.4. The van der Waals surface area contributed by atoms with Gasteiger partial charge in [0.15, 0.2) is 0 Å². The molecule has 53 heavy (non-hydrogen) atoms. The smallest absolute Gasteiger partial charge is 0.315 e. The molecule has 2 heteroatoms. The Hall–Kier alpha value is -6.22. The van der Waals surface area contributed by atoms with Crippen molar-refractivity contribution in [2.75, 3.05) is 0 Å². The number of fused-ring (bicyclic) bond motifs is 3. The van der Waals surface area contributed by atoms with E-state index < -0.39 is 8.32 Å².